The summed E-state index contributed by atoms with van der Waals surface area (Å²) in [7, 11) is 0. The molecule has 2 amide bonds. The molecule has 39 heavy (non-hydrogen) atoms. The lowest BCUT2D eigenvalue weighted by molar-refractivity contribution is -0.140. The molecule has 0 saturated carbocycles. The van der Waals surface area contributed by atoms with Gasteiger partial charge < -0.3 is 25.3 Å². The van der Waals surface area contributed by atoms with Crippen LogP contribution in [0, 0.1) is 11.6 Å². The molecule has 3 rings (SSSR count). The number of oxazole rings is 1. The number of aliphatic hydroxyl groups excluding tert-OH is 2. The number of carbonyl (C=O) groups is 2. The average molecular weight is 577 g/mol. The van der Waals surface area contributed by atoms with E-state index in [1.54, 1.807) is 0 Å². The van der Waals surface area contributed by atoms with Crippen LogP contribution in [-0.4, -0.2) is 56.4 Å². The third-order valence-electron chi connectivity index (χ3n) is 5.54. The third kappa shape index (κ3) is 8.80. The topological polar surface area (TPSA) is 138 Å². The number of thiazole rings is 1. The van der Waals surface area contributed by atoms with Gasteiger partial charge in [0.05, 0.1) is 23.9 Å². The monoisotopic (exact) mass is 576 g/mol. The van der Waals surface area contributed by atoms with Crippen molar-refractivity contribution in [3.63, 3.8) is 0 Å². The van der Waals surface area contributed by atoms with Gasteiger partial charge >= 0.3 is 6.18 Å². The second kappa shape index (κ2) is 13.1. The molecule has 0 saturated heterocycles. The quantitative estimate of drug-likeness (QED) is 0.240. The summed E-state index contributed by atoms with van der Waals surface area (Å²) < 4.78 is 71.5. The maximum absolute atomic E-state index is 14.0. The number of halogens is 5. The fourth-order valence-corrected chi connectivity index (χ4v) is 4.22. The molecule has 15 heteroatoms. The van der Waals surface area contributed by atoms with Crippen LogP contribution in [0.3, 0.4) is 0 Å². The Bertz CT molecular complexity index is 1250. The predicted octanol–water partition coefficient (Wildman–Crippen LogP) is 3.90. The van der Waals surface area contributed by atoms with Crippen molar-refractivity contribution < 1.29 is 46.2 Å². The van der Waals surface area contributed by atoms with Crippen LogP contribution in [0.15, 0.2) is 40.4 Å². The number of hydrogen-bond acceptors (Lipinski definition) is 8. The highest BCUT2D eigenvalue weighted by Crippen LogP contribution is 2.28. The third-order valence-corrected chi connectivity index (χ3v) is 6.38. The Morgan fingerprint density at radius 1 is 1.10 bits per heavy atom. The smallest absolute Gasteiger partial charge is 0.389 e. The van der Waals surface area contributed by atoms with E-state index in [4.69, 9.17) is 4.42 Å². The Morgan fingerprint density at radius 2 is 1.85 bits per heavy atom. The van der Waals surface area contributed by atoms with E-state index >= 15 is 0 Å². The van der Waals surface area contributed by atoms with E-state index in [1.807, 2.05) is 0 Å². The Balaban J connectivity index is 1.78. The van der Waals surface area contributed by atoms with Crippen molar-refractivity contribution in [2.45, 2.75) is 63.1 Å². The highest BCUT2D eigenvalue weighted by molar-refractivity contribution is 7.09. The van der Waals surface area contributed by atoms with Crippen molar-refractivity contribution in [2.24, 2.45) is 0 Å². The molecule has 0 aliphatic rings. The summed E-state index contributed by atoms with van der Waals surface area (Å²) in [6, 6.07) is -0.224. The molecule has 0 radical (unpaired) electrons. The van der Waals surface area contributed by atoms with E-state index < -0.39 is 78.4 Å². The molecule has 4 atom stereocenters. The van der Waals surface area contributed by atoms with Crippen LogP contribution >= 0.6 is 11.3 Å². The van der Waals surface area contributed by atoms with Gasteiger partial charge in [0.2, 0.25) is 17.6 Å². The van der Waals surface area contributed by atoms with Crippen molar-refractivity contribution in [3.05, 3.63) is 58.4 Å². The number of nitrogens with zero attached hydrogens (tertiary/aromatic N) is 2. The summed E-state index contributed by atoms with van der Waals surface area (Å²) in [4.78, 5) is 33.5. The Kier molecular flexibility index (Phi) is 10.1. The van der Waals surface area contributed by atoms with Gasteiger partial charge in [-0.25, -0.2) is 18.7 Å². The maximum Gasteiger partial charge on any atom is 0.389 e. The summed E-state index contributed by atoms with van der Waals surface area (Å²) in [5.74, 6) is -4.40. The number of carbonyl (C=O) groups excluding carboxylic acids is 2. The van der Waals surface area contributed by atoms with Gasteiger partial charge in [-0.15, -0.1) is 11.3 Å². The summed E-state index contributed by atoms with van der Waals surface area (Å²) in [6.45, 7) is 1.44. The lowest BCUT2D eigenvalue weighted by Crippen LogP contribution is -2.51. The van der Waals surface area contributed by atoms with Crippen LogP contribution < -0.4 is 10.6 Å². The van der Waals surface area contributed by atoms with Gasteiger partial charge in [0.15, 0.2) is 0 Å². The largest absolute Gasteiger partial charge is 0.431 e. The van der Waals surface area contributed by atoms with Gasteiger partial charge in [-0.1, -0.05) is 0 Å². The van der Waals surface area contributed by atoms with Crippen LogP contribution in [0.4, 0.5) is 22.0 Å². The first-order chi connectivity index (χ1) is 18.3. The van der Waals surface area contributed by atoms with Gasteiger partial charge in [0.1, 0.15) is 28.8 Å². The molecular weight excluding hydrogens is 551 g/mol. The molecule has 2 aromatic heterocycles. The number of benzene rings is 1. The fourth-order valence-electron chi connectivity index (χ4n) is 3.54. The summed E-state index contributed by atoms with van der Waals surface area (Å²) in [5.41, 5.74) is -0.346. The van der Waals surface area contributed by atoms with Crippen LogP contribution in [0.5, 0.6) is 0 Å². The first-order valence-electron chi connectivity index (χ1n) is 11.7. The Labute approximate surface area is 223 Å². The average Bonchev–Trinajstić information content (AvgIpc) is 3.57. The Hall–Kier alpha value is -3.43. The van der Waals surface area contributed by atoms with Crippen molar-refractivity contribution in [1.82, 2.24) is 20.6 Å². The number of aromatic nitrogens is 2. The molecule has 2 unspecified atom stereocenters. The van der Waals surface area contributed by atoms with Crippen LogP contribution in [0.1, 0.15) is 54.3 Å². The molecule has 0 aliphatic heterocycles. The van der Waals surface area contributed by atoms with E-state index in [9.17, 15) is 41.8 Å². The van der Waals surface area contributed by atoms with Crippen molar-refractivity contribution >= 4 is 23.2 Å². The molecule has 0 spiro atoms. The molecule has 212 valence electrons. The minimum absolute atomic E-state index is 0.0246. The molecule has 2 heterocycles. The molecule has 9 nitrogen and oxygen atoms in total. The Morgan fingerprint density at radius 3 is 2.49 bits per heavy atom. The molecule has 0 bridgehead atoms. The SMILES string of the molecule is CC(O)CC[C@H](NC(=O)c1cnc(-c2cc(F)ccc2F)o1)C(=O)N[C@@H](CCC(F)(F)F)C(O)c1nccs1. The highest BCUT2D eigenvalue weighted by Gasteiger charge is 2.34. The maximum atomic E-state index is 14.0. The zero-order valence-electron chi connectivity index (χ0n) is 20.4. The fraction of sp³-hybridized carbons (Fsp3) is 0.417. The summed E-state index contributed by atoms with van der Waals surface area (Å²) >= 11 is 0.987. The minimum Gasteiger partial charge on any atom is -0.431 e. The van der Waals surface area contributed by atoms with Gasteiger partial charge in [0.25, 0.3) is 5.91 Å². The second-order valence-electron chi connectivity index (χ2n) is 8.69. The van der Waals surface area contributed by atoms with Gasteiger partial charge in [-0.05, 0) is 44.4 Å². The van der Waals surface area contributed by atoms with E-state index in [-0.39, 0.29) is 23.4 Å². The van der Waals surface area contributed by atoms with Crippen LogP contribution in [0.2, 0.25) is 0 Å². The van der Waals surface area contributed by atoms with Crippen molar-refractivity contribution in [1.29, 1.82) is 0 Å². The number of alkyl halides is 3. The van der Waals surface area contributed by atoms with E-state index in [0.717, 1.165) is 35.7 Å². The predicted molar refractivity (Wildman–Crippen MR) is 128 cm³/mol. The molecule has 4 N–H and O–H groups in total. The molecular formula is C24H25F5N4O5S. The van der Waals surface area contributed by atoms with Gasteiger partial charge in [-0.3, -0.25) is 9.59 Å². The summed E-state index contributed by atoms with van der Waals surface area (Å²) in [6.07, 6.45) is -6.80. The van der Waals surface area contributed by atoms with E-state index in [0.29, 0.717) is 0 Å². The second-order valence-corrected chi connectivity index (χ2v) is 9.62. The lowest BCUT2D eigenvalue weighted by atomic mass is 10.0. The first-order valence-corrected chi connectivity index (χ1v) is 12.6. The van der Waals surface area contributed by atoms with Gasteiger partial charge in [-0.2, -0.15) is 13.2 Å². The normalized spacial score (nSPS) is 14.9. The molecule has 0 fully saturated rings. The lowest BCUT2D eigenvalue weighted by Gasteiger charge is -2.26. The van der Waals surface area contributed by atoms with Crippen LogP contribution in [-0.2, 0) is 4.79 Å². The number of nitrogens with one attached hydrogen (secondary N) is 2. The first kappa shape index (κ1) is 30.1. The molecule has 0 aliphatic carbocycles. The van der Waals surface area contributed by atoms with Crippen molar-refractivity contribution in [2.75, 3.05) is 0 Å². The zero-order chi connectivity index (χ0) is 28.7. The number of aliphatic hydroxyl groups is 2. The minimum atomic E-state index is -4.56. The zero-order valence-corrected chi connectivity index (χ0v) is 21.2. The summed E-state index contributed by atoms with van der Waals surface area (Å²) in [5, 5.41) is 26.5. The number of amides is 2. The van der Waals surface area contributed by atoms with E-state index in [2.05, 4.69) is 20.6 Å². The number of hydrogen-bond donors (Lipinski definition) is 4. The van der Waals surface area contributed by atoms with Crippen molar-refractivity contribution in [3.8, 4) is 11.5 Å². The highest BCUT2D eigenvalue weighted by atomic mass is 32.1. The number of rotatable bonds is 12. The molecule has 1 aromatic carbocycles. The van der Waals surface area contributed by atoms with Gasteiger partial charge in [0, 0.05) is 18.0 Å². The van der Waals surface area contributed by atoms with Crippen LogP contribution in [0.25, 0.3) is 11.5 Å². The molecule has 3 aromatic rings. The van der Waals surface area contributed by atoms with E-state index in [1.165, 1.54) is 18.5 Å². The standard InChI is InChI=1S/C24H25F5N4O5S/c1-12(34)2-5-17(20(36)32-16(6-7-24(27,28)29)19(35)23-30-8-9-39-23)33-21(37)18-11-31-22(38-18)14-10-13(25)3-4-15(14)26/h3-4,8-12,16-17,19,34-35H,2,5-7H2,1H3,(H,32,36)(H,33,37)/t12?,16-,17-,19?/m0/s1.